The van der Waals surface area contributed by atoms with Crippen LogP contribution in [-0.4, -0.2) is 60.9 Å². The molecule has 1 rings (SSSR count). The van der Waals surface area contributed by atoms with Gasteiger partial charge in [-0.2, -0.15) is 0 Å². The van der Waals surface area contributed by atoms with E-state index in [0.717, 1.165) is 6.26 Å². The molecule has 2 unspecified atom stereocenters. The van der Waals surface area contributed by atoms with Gasteiger partial charge in [-0.05, 0) is 19.3 Å². The van der Waals surface area contributed by atoms with Crippen LogP contribution in [0.15, 0.2) is 0 Å². The maximum atomic E-state index is 11.9. The van der Waals surface area contributed by atoms with E-state index >= 15 is 0 Å². The molecule has 7 nitrogen and oxygen atoms in total. The molecule has 8 heteroatoms. The van der Waals surface area contributed by atoms with Gasteiger partial charge in [0.2, 0.25) is 5.91 Å². The summed E-state index contributed by atoms with van der Waals surface area (Å²) in [5, 5.41) is 8.94. The van der Waals surface area contributed by atoms with Crippen molar-refractivity contribution in [2.45, 2.75) is 31.3 Å². The maximum absolute atomic E-state index is 11.9. The number of sulfone groups is 1. The van der Waals surface area contributed by atoms with Gasteiger partial charge in [0.05, 0.1) is 11.8 Å². The van der Waals surface area contributed by atoms with Crippen molar-refractivity contribution in [3.63, 3.8) is 0 Å². The lowest BCUT2D eigenvalue weighted by molar-refractivity contribution is -0.148. The van der Waals surface area contributed by atoms with Crippen molar-refractivity contribution in [3.05, 3.63) is 0 Å². The van der Waals surface area contributed by atoms with E-state index in [9.17, 15) is 18.0 Å². The molecule has 1 saturated heterocycles. The molecule has 1 aliphatic rings. The van der Waals surface area contributed by atoms with Gasteiger partial charge >= 0.3 is 5.97 Å². The van der Waals surface area contributed by atoms with Gasteiger partial charge in [-0.25, -0.2) is 13.2 Å². The minimum absolute atomic E-state index is 0.0144. The molecule has 18 heavy (non-hydrogen) atoms. The number of carboxylic acid groups (broad SMARTS) is 1. The largest absolute Gasteiger partial charge is 0.480 e. The quantitative estimate of drug-likeness (QED) is 0.654. The number of nitrogens with two attached hydrogens (primary N) is 1. The zero-order valence-electron chi connectivity index (χ0n) is 10.2. The molecule has 0 aromatic carbocycles. The lowest BCUT2D eigenvalue weighted by atomic mass is 10.2. The van der Waals surface area contributed by atoms with Crippen LogP contribution in [0.5, 0.6) is 0 Å². The average Bonchev–Trinajstić information content (AvgIpc) is 2.72. The molecule has 104 valence electrons. The van der Waals surface area contributed by atoms with Crippen molar-refractivity contribution >= 4 is 21.7 Å². The Balaban J connectivity index is 2.60. The topological polar surface area (TPSA) is 118 Å². The zero-order valence-corrected chi connectivity index (χ0v) is 11.0. The summed E-state index contributed by atoms with van der Waals surface area (Å²) in [5.41, 5.74) is 5.62. The first kappa shape index (κ1) is 14.9. The Hall–Kier alpha value is -1.15. The van der Waals surface area contributed by atoms with Gasteiger partial charge in [-0.3, -0.25) is 4.79 Å². The first-order valence-corrected chi connectivity index (χ1v) is 7.75. The summed E-state index contributed by atoms with van der Waals surface area (Å²) in [7, 11) is -3.17. The number of hydrogen-bond donors (Lipinski definition) is 2. The standard InChI is InChI=1S/C10H18N2O5S/c1-18(16,17)6-4-7(11)9(13)12-5-2-3-8(12)10(14)15/h7-8H,2-6,11H2,1H3,(H,14,15). The number of likely N-dealkylation sites (tertiary alicyclic amines) is 1. The smallest absolute Gasteiger partial charge is 0.326 e. The number of nitrogens with zero attached hydrogens (tertiary/aromatic N) is 1. The van der Waals surface area contributed by atoms with Gasteiger partial charge in [0.15, 0.2) is 0 Å². The number of amides is 1. The van der Waals surface area contributed by atoms with Gasteiger partial charge in [-0.15, -0.1) is 0 Å². The molecule has 0 spiro atoms. The van der Waals surface area contributed by atoms with Crippen molar-refractivity contribution < 1.29 is 23.1 Å². The van der Waals surface area contributed by atoms with E-state index in [4.69, 9.17) is 10.8 Å². The third-order valence-corrected chi connectivity index (χ3v) is 3.92. The first-order valence-electron chi connectivity index (χ1n) is 5.69. The van der Waals surface area contributed by atoms with Crippen LogP contribution in [0.1, 0.15) is 19.3 Å². The Morgan fingerprint density at radius 1 is 1.50 bits per heavy atom. The van der Waals surface area contributed by atoms with E-state index in [-0.39, 0.29) is 12.2 Å². The van der Waals surface area contributed by atoms with Crippen molar-refractivity contribution in [2.24, 2.45) is 5.73 Å². The van der Waals surface area contributed by atoms with E-state index in [0.29, 0.717) is 19.4 Å². The van der Waals surface area contributed by atoms with Crippen molar-refractivity contribution in [1.82, 2.24) is 4.90 Å². The second kappa shape index (κ2) is 5.66. The number of carbonyl (C=O) groups is 2. The van der Waals surface area contributed by atoms with Crippen molar-refractivity contribution in [2.75, 3.05) is 18.6 Å². The van der Waals surface area contributed by atoms with Gasteiger partial charge in [0.25, 0.3) is 0 Å². The number of rotatable bonds is 5. The van der Waals surface area contributed by atoms with Crippen LogP contribution in [0.4, 0.5) is 0 Å². The lowest BCUT2D eigenvalue weighted by Crippen LogP contribution is -2.48. The fraction of sp³-hybridized carbons (Fsp3) is 0.800. The third-order valence-electron chi connectivity index (χ3n) is 2.94. The molecule has 1 fully saturated rings. The molecule has 0 aromatic heterocycles. The van der Waals surface area contributed by atoms with Crippen LogP contribution in [-0.2, 0) is 19.4 Å². The molecule has 0 aromatic rings. The zero-order chi connectivity index (χ0) is 13.9. The monoisotopic (exact) mass is 278 g/mol. The second-order valence-electron chi connectivity index (χ2n) is 4.55. The van der Waals surface area contributed by atoms with Crippen LogP contribution >= 0.6 is 0 Å². The number of hydrogen-bond acceptors (Lipinski definition) is 5. The Morgan fingerprint density at radius 3 is 2.61 bits per heavy atom. The summed E-state index contributed by atoms with van der Waals surface area (Å²) in [4.78, 5) is 24.1. The summed E-state index contributed by atoms with van der Waals surface area (Å²) in [5.74, 6) is -1.70. The third kappa shape index (κ3) is 3.95. The van der Waals surface area contributed by atoms with Gasteiger partial charge < -0.3 is 15.7 Å². The Labute approximate surface area is 106 Å². The minimum Gasteiger partial charge on any atom is -0.480 e. The SMILES string of the molecule is CS(=O)(=O)CCC(N)C(=O)N1CCCC1C(=O)O. The second-order valence-corrected chi connectivity index (χ2v) is 6.81. The Bertz CT molecular complexity index is 434. The summed E-state index contributed by atoms with van der Waals surface area (Å²) < 4.78 is 22.0. The normalized spacial score (nSPS) is 21.9. The maximum Gasteiger partial charge on any atom is 0.326 e. The molecule has 0 bridgehead atoms. The van der Waals surface area contributed by atoms with Gasteiger partial charge in [0.1, 0.15) is 15.9 Å². The van der Waals surface area contributed by atoms with Gasteiger partial charge in [0, 0.05) is 12.8 Å². The lowest BCUT2D eigenvalue weighted by Gasteiger charge is -2.24. The van der Waals surface area contributed by atoms with Crippen molar-refractivity contribution in [3.8, 4) is 0 Å². The summed E-state index contributed by atoms with van der Waals surface area (Å²) in [6.45, 7) is 0.363. The molecular formula is C10H18N2O5S. The van der Waals surface area contributed by atoms with E-state index in [1.54, 1.807) is 0 Å². The Kier molecular flexibility index (Phi) is 4.69. The molecule has 1 amide bonds. The molecule has 3 N–H and O–H groups in total. The molecular weight excluding hydrogens is 260 g/mol. The highest BCUT2D eigenvalue weighted by Crippen LogP contribution is 2.18. The minimum atomic E-state index is -3.17. The van der Waals surface area contributed by atoms with Crippen LogP contribution in [0.3, 0.4) is 0 Å². The highest BCUT2D eigenvalue weighted by atomic mass is 32.2. The Morgan fingerprint density at radius 2 is 2.11 bits per heavy atom. The number of carboxylic acids is 1. The summed E-state index contributed by atoms with van der Waals surface area (Å²) in [6, 6.07) is -1.79. The van der Waals surface area contributed by atoms with E-state index in [1.165, 1.54) is 4.90 Å². The van der Waals surface area contributed by atoms with E-state index in [2.05, 4.69) is 0 Å². The predicted octanol–water partition coefficient (Wildman–Crippen LogP) is -1.18. The number of aliphatic carboxylic acids is 1. The molecule has 1 aliphatic heterocycles. The fourth-order valence-corrected chi connectivity index (χ4v) is 2.65. The van der Waals surface area contributed by atoms with Crippen molar-refractivity contribution in [1.29, 1.82) is 0 Å². The summed E-state index contributed by atoms with van der Waals surface area (Å²) >= 11 is 0. The van der Waals surface area contributed by atoms with E-state index in [1.807, 2.05) is 0 Å². The van der Waals surface area contributed by atoms with Crippen LogP contribution < -0.4 is 5.73 Å². The molecule has 0 aliphatic carbocycles. The molecule has 0 radical (unpaired) electrons. The summed E-state index contributed by atoms with van der Waals surface area (Å²) in [6.07, 6.45) is 2.13. The van der Waals surface area contributed by atoms with Crippen LogP contribution in [0.2, 0.25) is 0 Å². The van der Waals surface area contributed by atoms with Crippen LogP contribution in [0.25, 0.3) is 0 Å². The van der Waals surface area contributed by atoms with E-state index < -0.39 is 33.8 Å². The van der Waals surface area contributed by atoms with Gasteiger partial charge in [-0.1, -0.05) is 0 Å². The highest BCUT2D eigenvalue weighted by molar-refractivity contribution is 7.90. The molecule has 2 atom stereocenters. The molecule has 1 heterocycles. The predicted molar refractivity (Wildman–Crippen MR) is 64.7 cm³/mol. The molecule has 0 saturated carbocycles. The fourth-order valence-electron chi connectivity index (χ4n) is 1.96. The number of carbonyl (C=O) groups excluding carboxylic acids is 1. The van der Waals surface area contributed by atoms with Crippen LogP contribution in [0, 0.1) is 0 Å². The highest BCUT2D eigenvalue weighted by Gasteiger charge is 2.36. The first-order chi connectivity index (χ1) is 8.22. The average molecular weight is 278 g/mol.